The molecule has 0 aliphatic rings. The summed E-state index contributed by atoms with van der Waals surface area (Å²) in [5.74, 6) is 0.638. The molecule has 7 nitrogen and oxygen atoms in total. The normalized spacial score (nSPS) is 12.2. The van der Waals surface area contributed by atoms with Gasteiger partial charge in [-0.1, -0.05) is 18.5 Å². The molecule has 0 spiro atoms. The number of carbonyl (C=O) groups excluding carboxylic acids is 1. The number of carbonyl (C=O) groups is 1. The van der Waals surface area contributed by atoms with Crippen molar-refractivity contribution in [1.29, 1.82) is 0 Å². The van der Waals surface area contributed by atoms with E-state index in [1.165, 1.54) is 18.6 Å². The molecule has 0 saturated heterocycles. The average molecular weight is 324 g/mol. The van der Waals surface area contributed by atoms with Crippen molar-refractivity contribution in [1.82, 2.24) is 25.5 Å². The summed E-state index contributed by atoms with van der Waals surface area (Å²) in [5, 5.41) is 9.70. The molecule has 2 rings (SSSR count). The number of halogens is 1. The van der Waals surface area contributed by atoms with Crippen molar-refractivity contribution >= 4 is 17.5 Å². The summed E-state index contributed by atoms with van der Waals surface area (Å²) in [5.41, 5.74) is 0.360. The van der Waals surface area contributed by atoms with Gasteiger partial charge in [0, 0.05) is 6.20 Å². The number of aromatic nitrogens is 4. The van der Waals surface area contributed by atoms with Gasteiger partial charge in [-0.25, -0.2) is 9.97 Å². The minimum atomic E-state index is -0.284. The smallest absolute Gasteiger partial charge is 0.253 e. The number of H-pyrrole nitrogens is 1. The fourth-order valence-corrected chi connectivity index (χ4v) is 2.06. The zero-order chi connectivity index (χ0) is 16.1. The summed E-state index contributed by atoms with van der Waals surface area (Å²) in [7, 11) is 0. The van der Waals surface area contributed by atoms with E-state index in [1.807, 2.05) is 20.8 Å². The van der Waals surface area contributed by atoms with Crippen LogP contribution in [0.1, 0.15) is 49.4 Å². The van der Waals surface area contributed by atoms with Gasteiger partial charge in [0.2, 0.25) is 5.88 Å². The Balaban J connectivity index is 2.11. The number of hydrogen-bond acceptors (Lipinski definition) is 5. The third kappa shape index (κ3) is 3.94. The second kappa shape index (κ2) is 7.22. The molecule has 0 fully saturated rings. The molecule has 0 radical (unpaired) electrons. The summed E-state index contributed by atoms with van der Waals surface area (Å²) >= 11 is 6.09. The Kier molecular flexibility index (Phi) is 5.32. The van der Waals surface area contributed by atoms with Gasteiger partial charge in [-0.2, -0.15) is 5.10 Å². The Morgan fingerprint density at radius 3 is 2.77 bits per heavy atom. The molecular weight excluding hydrogens is 306 g/mol. The van der Waals surface area contributed by atoms with Crippen LogP contribution in [0.4, 0.5) is 0 Å². The Morgan fingerprint density at radius 1 is 1.45 bits per heavy atom. The molecule has 2 heterocycles. The molecule has 0 aliphatic carbocycles. The second-order valence-corrected chi connectivity index (χ2v) is 5.39. The first-order valence-electron chi connectivity index (χ1n) is 6.99. The van der Waals surface area contributed by atoms with Gasteiger partial charge in [0.05, 0.1) is 17.7 Å². The number of amides is 1. The topological polar surface area (TPSA) is 92.8 Å². The maximum atomic E-state index is 12.3. The van der Waals surface area contributed by atoms with E-state index in [4.69, 9.17) is 16.3 Å². The van der Waals surface area contributed by atoms with Gasteiger partial charge in [0.25, 0.3) is 5.91 Å². The molecule has 0 bridgehead atoms. The van der Waals surface area contributed by atoms with Crippen LogP contribution < -0.4 is 10.1 Å². The largest absolute Gasteiger partial charge is 0.474 e. The Hall–Kier alpha value is -2.15. The van der Waals surface area contributed by atoms with Crippen molar-refractivity contribution in [2.75, 3.05) is 0 Å². The fourth-order valence-electron chi connectivity index (χ4n) is 1.85. The highest BCUT2D eigenvalue weighted by molar-refractivity contribution is 6.32. The highest BCUT2D eigenvalue weighted by atomic mass is 35.5. The Morgan fingerprint density at radius 2 is 2.23 bits per heavy atom. The molecule has 118 valence electrons. The van der Waals surface area contributed by atoms with Gasteiger partial charge in [0.15, 0.2) is 0 Å². The molecule has 1 atom stereocenters. The Labute approximate surface area is 133 Å². The zero-order valence-electron chi connectivity index (χ0n) is 12.6. The molecular formula is C14H18ClN5O2. The minimum absolute atomic E-state index is 0.0411. The molecule has 0 aliphatic heterocycles. The van der Waals surface area contributed by atoms with Crippen LogP contribution in [0.2, 0.25) is 5.02 Å². The van der Waals surface area contributed by atoms with Gasteiger partial charge in [-0.05, 0) is 26.3 Å². The lowest BCUT2D eigenvalue weighted by molar-refractivity contribution is 0.0933. The molecule has 2 aromatic heterocycles. The van der Waals surface area contributed by atoms with E-state index in [0.717, 1.165) is 0 Å². The number of hydrogen-bond donors (Lipinski definition) is 2. The molecule has 2 aromatic rings. The number of ether oxygens (including phenoxy) is 1. The van der Waals surface area contributed by atoms with Crippen molar-refractivity contribution in [3.63, 3.8) is 0 Å². The number of nitrogens with one attached hydrogen (secondary N) is 2. The molecule has 2 N–H and O–H groups in total. The van der Waals surface area contributed by atoms with E-state index in [2.05, 4.69) is 25.5 Å². The summed E-state index contributed by atoms with van der Waals surface area (Å²) in [4.78, 5) is 20.4. The van der Waals surface area contributed by atoms with Gasteiger partial charge >= 0.3 is 0 Å². The number of rotatable bonds is 6. The predicted octanol–water partition coefficient (Wildman–Crippen LogP) is 2.52. The van der Waals surface area contributed by atoms with E-state index in [-0.39, 0.29) is 18.1 Å². The number of nitrogens with zero attached hydrogens (tertiary/aromatic N) is 3. The second-order valence-electron chi connectivity index (χ2n) is 4.98. The first kappa shape index (κ1) is 16.2. The van der Waals surface area contributed by atoms with Crippen molar-refractivity contribution in [2.24, 2.45) is 0 Å². The van der Waals surface area contributed by atoms with Crippen LogP contribution in [-0.2, 0) is 0 Å². The molecule has 0 aromatic carbocycles. The van der Waals surface area contributed by atoms with E-state index >= 15 is 0 Å². The van der Waals surface area contributed by atoms with Gasteiger partial charge in [-0.3, -0.25) is 9.89 Å². The van der Waals surface area contributed by atoms with Crippen molar-refractivity contribution in [2.45, 2.75) is 39.3 Å². The van der Waals surface area contributed by atoms with E-state index in [0.29, 0.717) is 28.7 Å². The minimum Gasteiger partial charge on any atom is -0.474 e. The Bertz CT molecular complexity index is 630. The quantitative estimate of drug-likeness (QED) is 0.852. The monoisotopic (exact) mass is 323 g/mol. The van der Waals surface area contributed by atoms with Crippen LogP contribution in [-0.4, -0.2) is 32.2 Å². The lowest BCUT2D eigenvalue weighted by Crippen LogP contribution is -2.29. The lowest BCUT2D eigenvalue weighted by Gasteiger charge is -2.15. The van der Waals surface area contributed by atoms with Gasteiger partial charge in [0.1, 0.15) is 17.2 Å². The summed E-state index contributed by atoms with van der Waals surface area (Å²) < 4.78 is 5.44. The molecule has 8 heteroatoms. The molecule has 1 amide bonds. The van der Waals surface area contributed by atoms with Crippen LogP contribution >= 0.6 is 11.6 Å². The maximum absolute atomic E-state index is 12.3. The third-order valence-electron chi connectivity index (χ3n) is 2.89. The lowest BCUT2D eigenvalue weighted by atomic mass is 10.2. The van der Waals surface area contributed by atoms with Crippen LogP contribution in [0.5, 0.6) is 5.88 Å². The van der Waals surface area contributed by atoms with Crippen LogP contribution in [0.25, 0.3) is 0 Å². The molecule has 0 saturated carbocycles. The summed E-state index contributed by atoms with van der Waals surface area (Å²) in [6, 6.07) is 1.29. The van der Waals surface area contributed by atoms with Crippen LogP contribution in [0.3, 0.4) is 0 Å². The zero-order valence-corrected chi connectivity index (χ0v) is 13.4. The average Bonchev–Trinajstić information content (AvgIpc) is 3.00. The fraction of sp³-hybridized carbons (Fsp3) is 0.429. The standard InChI is InChI=1S/C14H18ClN5O2/c1-4-11(12-17-7-18-20-12)19-13(21)9-5-10(15)14(16-6-9)22-8(2)3/h5-8,11H,4H2,1-3H3,(H,19,21)(H,17,18,20)/t11-/m0/s1. The van der Waals surface area contributed by atoms with E-state index in [1.54, 1.807) is 0 Å². The predicted molar refractivity (Wildman–Crippen MR) is 81.9 cm³/mol. The van der Waals surface area contributed by atoms with Crippen molar-refractivity contribution < 1.29 is 9.53 Å². The highest BCUT2D eigenvalue weighted by Crippen LogP contribution is 2.23. The highest BCUT2D eigenvalue weighted by Gasteiger charge is 2.18. The number of pyridine rings is 1. The van der Waals surface area contributed by atoms with Crippen molar-refractivity contribution in [3.05, 3.63) is 35.0 Å². The van der Waals surface area contributed by atoms with E-state index < -0.39 is 0 Å². The van der Waals surface area contributed by atoms with Gasteiger partial charge < -0.3 is 10.1 Å². The first-order valence-corrected chi connectivity index (χ1v) is 7.37. The maximum Gasteiger partial charge on any atom is 0.253 e. The third-order valence-corrected chi connectivity index (χ3v) is 3.17. The van der Waals surface area contributed by atoms with Crippen LogP contribution in [0.15, 0.2) is 18.6 Å². The van der Waals surface area contributed by atoms with Crippen LogP contribution in [0, 0.1) is 0 Å². The SMILES string of the molecule is CC[C@H](NC(=O)c1cnc(OC(C)C)c(Cl)c1)c1ncn[nH]1. The summed E-state index contributed by atoms with van der Waals surface area (Å²) in [6.07, 6.45) is 3.48. The van der Waals surface area contributed by atoms with E-state index in [9.17, 15) is 4.79 Å². The molecule has 22 heavy (non-hydrogen) atoms. The number of aromatic amines is 1. The summed E-state index contributed by atoms with van der Waals surface area (Å²) in [6.45, 7) is 5.70. The first-order chi connectivity index (χ1) is 10.5. The van der Waals surface area contributed by atoms with Crippen molar-refractivity contribution in [3.8, 4) is 5.88 Å². The molecule has 0 unspecified atom stereocenters. The van der Waals surface area contributed by atoms with Gasteiger partial charge in [-0.15, -0.1) is 0 Å².